The van der Waals surface area contributed by atoms with Gasteiger partial charge in [-0.3, -0.25) is 0 Å². The molecule has 8 heteroatoms. The number of hydrogen-bond acceptors (Lipinski definition) is 3. The summed E-state index contributed by atoms with van der Waals surface area (Å²) in [5, 5.41) is 16.1. The van der Waals surface area contributed by atoms with Crippen LogP contribution in [0.15, 0.2) is 73.6 Å². The smallest absolute Gasteiger partial charge is 0.137 e. The maximum absolute atomic E-state index is 14.6. The Morgan fingerprint density at radius 2 is 1.90 bits per heavy atom. The molecule has 158 valence electrons. The van der Waals surface area contributed by atoms with E-state index in [1.807, 2.05) is 48.7 Å². The Kier molecular flexibility index (Phi) is 5.97. The van der Waals surface area contributed by atoms with Gasteiger partial charge in [-0.15, -0.1) is 0 Å². The van der Waals surface area contributed by atoms with Crippen molar-refractivity contribution >= 4 is 23.8 Å². The summed E-state index contributed by atoms with van der Waals surface area (Å²) < 4.78 is 31.1. The van der Waals surface area contributed by atoms with E-state index < -0.39 is 17.2 Å². The molecule has 2 aromatic heterocycles. The molecule has 0 aliphatic heterocycles. The minimum absolute atomic E-state index is 0.0220. The van der Waals surface area contributed by atoms with Gasteiger partial charge in [0.15, 0.2) is 0 Å². The van der Waals surface area contributed by atoms with Crippen LogP contribution in [0.25, 0.3) is 12.2 Å². The summed E-state index contributed by atoms with van der Waals surface area (Å²) >= 11 is 6.18. The van der Waals surface area contributed by atoms with Crippen molar-refractivity contribution in [2.24, 2.45) is 0 Å². The van der Waals surface area contributed by atoms with Gasteiger partial charge in [-0.25, -0.2) is 18.4 Å². The van der Waals surface area contributed by atoms with Gasteiger partial charge < -0.3 is 9.67 Å². The van der Waals surface area contributed by atoms with Crippen LogP contribution < -0.4 is 0 Å². The Balaban J connectivity index is 1.61. The van der Waals surface area contributed by atoms with E-state index in [2.05, 4.69) is 10.1 Å². The van der Waals surface area contributed by atoms with Gasteiger partial charge >= 0.3 is 0 Å². The van der Waals surface area contributed by atoms with Crippen LogP contribution in [0.5, 0.6) is 0 Å². The zero-order valence-electron chi connectivity index (χ0n) is 16.4. The predicted molar refractivity (Wildman–Crippen MR) is 115 cm³/mol. The highest BCUT2D eigenvalue weighted by molar-refractivity contribution is 6.32. The van der Waals surface area contributed by atoms with E-state index in [4.69, 9.17) is 11.6 Å². The van der Waals surface area contributed by atoms with Gasteiger partial charge in [-0.1, -0.05) is 48.0 Å². The number of benzene rings is 2. The third kappa shape index (κ3) is 4.90. The topological polar surface area (TPSA) is 55.9 Å². The zero-order valence-corrected chi connectivity index (χ0v) is 17.1. The SMILES string of the molecule is OC(Cn1ccc(/C=C/c2ccccc2Cl)c1)(Cn1cncn1)c1ccc(F)cc1F. The maximum Gasteiger partial charge on any atom is 0.137 e. The first-order chi connectivity index (χ1) is 14.9. The molecule has 0 aliphatic carbocycles. The van der Waals surface area contributed by atoms with Gasteiger partial charge in [-0.2, -0.15) is 5.10 Å². The van der Waals surface area contributed by atoms with E-state index >= 15 is 0 Å². The largest absolute Gasteiger partial charge is 0.381 e. The first-order valence-electron chi connectivity index (χ1n) is 9.52. The second-order valence-corrected chi connectivity index (χ2v) is 7.63. The van der Waals surface area contributed by atoms with Gasteiger partial charge in [0.25, 0.3) is 0 Å². The minimum atomic E-state index is -1.69. The summed E-state index contributed by atoms with van der Waals surface area (Å²) in [6.45, 7) is -0.0339. The van der Waals surface area contributed by atoms with Gasteiger partial charge in [0, 0.05) is 29.0 Å². The average molecular weight is 441 g/mol. The Hall–Kier alpha value is -3.29. The molecule has 4 rings (SSSR count). The monoisotopic (exact) mass is 440 g/mol. The molecular formula is C23H19ClF2N4O. The molecule has 2 aromatic carbocycles. The van der Waals surface area contributed by atoms with Crippen molar-refractivity contribution in [3.63, 3.8) is 0 Å². The van der Waals surface area contributed by atoms with Crippen molar-refractivity contribution in [1.82, 2.24) is 19.3 Å². The maximum atomic E-state index is 14.6. The van der Waals surface area contributed by atoms with E-state index in [0.29, 0.717) is 5.02 Å². The predicted octanol–water partition coefficient (Wildman–Crippen LogP) is 4.77. The second kappa shape index (κ2) is 8.83. The summed E-state index contributed by atoms with van der Waals surface area (Å²) in [4.78, 5) is 3.87. The van der Waals surface area contributed by atoms with Crippen molar-refractivity contribution in [1.29, 1.82) is 0 Å². The van der Waals surface area contributed by atoms with E-state index in [9.17, 15) is 13.9 Å². The normalized spacial score (nSPS) is 13.5. The molecule has 0 radical (unpaired) electrons. The number of aromatic nitrogens is 4. The highest BCUT2D eigenvalue weighted by Gasteiger charge is 2.34. The van der Waals surface area contributed by atoms with Crippen LogP contribution in [0.2, 0.25) is 5.02 Å². The molecule has 1 N–H and O–H groups in total. The zero-order chi connectivity index (χ0) is 21.8. The lowest BCUT2D eigenvalue weighted by molar-refractivity contribution is -0.00534. The number of nitrogens with zero attached hydrogens (tertiary/aromatic N) is 4. The number of aliphatic hydroxyl groups is 1. The van der Waals surface area contributed by atoms with Crippen LogP contribution in [-0.4, -0.2) is 24.4 Å². The van der Waals surface area contributed by atoms with Crippen molar-refractivity contribution in [3.05, 3.63) is 107 Å². The molecule has 2 heterocycles. The van der Waals surface area contributed by atoms with Crippen LogP contribution in [0.3, 0.4) is 0 Å². The van der Waals surface area contributed by atoms with E-state index in [0.717, 1.165) is 23.3 Å². The van der Waals surface area contributed by atoms with Crippen LogP contribution in [-0.2, 0) is 18.7 Å². The Morgan fingerprint density at radius 1 is 1.06 bits per heavy atom. The lowest BCUT2D eigenvalue weighted by atomic mass is 9.92. The molecule has 31 heavy (non-hydrogen) atoms. The van der Waals surface area contributed by atoms with Crippen LogP contribution in [0.1, 0.15) is 16.7 Å². The summed E-state index contributed by atoms with van der Waals surface area (Å²) in [5.74, 6) is -1.54. The van der Waals surface area contributed by atoms with Gasteiger partial charge in [-0.05, 0) is 29.3 Å². The van der Waals surface area contributed by atoms with Gasteiger partial charge in [0.1, 0.15) is 29.9 Å². The standard InChI is InChI=1S/C23H19ClF2N4O/c24-21-4-2-1-3-18(21)6-5-17-9-10-29(12-17)13-23(31,14-30-16-27-15-28-30)20-8-7-19(25)11-22(20)26/h1-12,15-16,31H,13-14H2/b6-5+. The van der Waals surface area contributed by atoms with Crippen molar-refractivity contribution in [2.75, 3.05) is 0 Å². The summed E-state index contributed by atoms with van der Waals surface area (Å²) in [6.07, 6.45) is 10.1. The van der Waals surface area contributed by atoms with Crippen LogP contribution in [0, 0.1) is 11.6 Å². The molecule has 1 atom stereocenters. The van der Waals surface area contributed by atoms with Crippen molar-refractivity contribution in [3.8, 4) is 0 Å². The lowest BCUT2D eigenvalue weighted by Crippen LogP contribution is -2.37. The third-order valence-corrected chi connectivity index (χ3v) is 5.24. The molecule has 0 amide bonds. The van der Waals surface area contributed by atoms with Gasteiger partial charge in [0.2, 0.25) is 0 Å². The molecular weight excluding hydrogens is 422 g/mol. The quantitative estimate of drug-likeness (QED) is 0.450. The van der Waals surface area contributed by atoms with Crippen LogP contribution in [0.4, 0.5) is 8.78 Å². The second-order valence-electron chi connectivity index (χ2n) is 7.22. The molecule has 0 saturated heterocycles. The Bertz CT molecular complexity index is 1210. The summed E-state index contributed by atoms with van der Waals surface area (Å²) in [5.41, 5.74) is 0.0515. The molecule has 5 nitrogen and oxygen atoms in total. The van der Waals surface area contributed by atoms with E-state index in [-0.39, 0.29) is 18.7 Å². The summed E-state index contributed by atoms with van der Waals surface area (Å²) in [7, 11) is 0. The highest BCUT2D eigenvalue weighted by atomic mass is 35.5. The minimum Gasteiger partial charge on any atom is -0.381 e. The first-order valence-corrected chi connectivity index (χ1v) is 9.89. The first kappa shape index (κ1) is 21.0. The molecule has 0 bridgehead atoms. The average Bonchev–Trinajstić information content (AvgIpc) is 3.39. The molecule has 0 saturated carbocycles. The molecule has 0 spiro atoms. The lowest BCUT2D eigenvalue weighted by Gasteiger charge is -2.29. The Morgan fingerprint density at radius 3 is 2.65 bits per heavy atom. The van der Waals surface area contributed by atoms with Crippen LogP contribution >= 0.6 is 11.6 Å². The highest BCUT2D eigenvalue weighted by Crippen LogP contribution is 2.29. The van der Waals surface area contributed by atoms with Gasteiger partial charge in [0.05, 0.1) is 13.1 Å². The molecule has 0 fully saturated rings. The van der Waals surface area contributed by atoms with Crippen molar-refractivity contribution < 1.29 is 13.9 Å². The third-order valence-electron chi connectivity index (χ3n) is 4.90. The van der Waals surface area contributed by atoms with E-state index in [1.54, 1.807) is 10.8 Å². The number of halogens is 3. The Labute approximate surface area is 182 Å². The van der Waals surface area contributed by atoms with Crippen molar-refractivity contribution in [2.45, 2.75) is 18.7 Å². The molecule has 1 unspecified atom stereocenters. The number of hydrogen-bond donors (Lipinski definition) is 1. The fourth-order valence-electron chi connectivity index (χ4n) is 3.42. The molecule has 4 aromatic rings. The number of rotatable bonds is 7. The molecule has 0 aliphatic rings. The fourth-order valence-corrected chi connectivity index (χ4v) is 3.62. The van der Waals surface area contributed by atoms with E-state index in [1.165, 1.54) is 23.4 Å². The summed E-state index contributed by atoms with van der Waals surface area (Å²) in [6, 6.07) is 12.5. The fraction of sp³-hybridized carbons (Fsp3) is 0.130.